The van der Waals surface area contributed by atoms with E-state index in [2.05, 4.69) is 49.5 Å². The van der Waals surface area contributed by atoms with Gasteiger partial charge in [-0.25, -0.2) is 0 Å². The van der Waals surface area contributed by atoms with Gasteiger partial charge in [0, 0.05) is 18.6 Å². The van der Waals surface area contributed by atoms with Crippen molar-refractivity contribution < 1.29 is 0 Å². The molecule has 0 heterocycles. The molecule has 1 aliphatic carbocycles. The Labute approximate surface area is 104 Å². The molecule has 0 aliphatic heterocycles. The summed E-state index contributed by atoms with van der Waals surface area (Å²) in [5.74, 6) is 0. The number of benzene rings is 1. The van der Waals surface area contributed by atoms with Crippen LogP contribution >= 0.6 is 0 Å². The van der Waals surface area contributed by atoms with E-state index < -0.39 is 0 Å². The highest BCUT2D eigenvalue weighted by atomic mass is 15.0. The number of nitrogens with two attached hydrogens (primary N) is 1. The summed E-state index contributed by atoms with van der Waals surface area (Å²) in [5.41, 5.74) is 9.97. The molecule has 2 rings (SSSR count). The monoisotopic (exact) mass is 230 g/mol. The average molecular weight is 230 g/mol. The highest BCUT2D eigenvalue weighted by Gasteiger charge is 2.18. The van der Waals surface area contributed by atoms with Crippen molar-refractivity contribution in [1.82, 2.24) is 5.32 Å². The van der Waals surface area contributed by atoms with E-state index in [4.69, 9.17) is 5.73 Å². The third-order valence-electron chi connectivity index (χ3n) is 3.70. The molecule has 1 aromatic carbocycles. The molecule has 1 aromatic rings. The SMILES string of the molecule is Cc1cccc(C(CN)NC2CC=CC2)c1C. The Morgan fingerprint density at radius 3 is 2.65 bits per heavy atom. The Balaban J connectivity index is 2.14. The molecule has 92 valence electrons. The number of aryl methyl sites for hydroxylation is 1. The van der Waals surface area contributed by atoms with Crippen LogP contribution in [0.2, 0.25) is 0 Å². The van der Waals surface area contributed by atoms with Crippen LogP contribution in [0.4, 0.5) is 0 Å². The van der Waals surface area contributed by atoms with Crippen molar-refractivity contribution >= 4 is 0 Å². The Morgan fingerprint density at radius 1 is 1.29 bits per heavy atom. The summed E-state index contributed by atoms with van der Waals surface area (Å²) in [6.45, 7) is 4.99. The number of rotatable bonds is 4. The number of nitrogens with one attached hydrogen (secondary N) is 1. The molecule has 1 unspecified atom stereocenters. The fraction of sp³-hybridized carbons (Fsp3) is 0.467. The molecule has 1 atom stereocenters. The summed E-state index contributed by atoms with van der Waals surface area (Å²) in [5, 5.41) is 3.66. The predicted octanol–water partition coefficient (Wildman–Crippen LogP) is 2.61. The fourth-order valence-electron chi connectivity index (χ4n) is 2.47. The Morgan fingerprint density at radius 2 is 2.00 bits per heavy atom. The molecule has 2 heteroatoms. The molecule has 0 saturated carbocycles. The van der Waals surface area contributed by atoms with Crippen LogP contribution in [-0.4, -0.2) is 12.6 Å². The van der Waals surface area contributed by atoms with Gasteiger partial charge < -0.3 is 11.1 Å². The van der Waals surface area contributed by atoms with E-state index in [-0.39, 0.29) is 6.04 Å². The maximum atomic E-state index is 5.92. The minimum absolute atomic E-state index is 0.278. The molecule has 0 aromatic heterocycles. The zero-order chi connectivity index (χ0) is 12.3. The zero-order valence-electron chi connectivity index (χ0n) is 10.7. The summed E-state index contributed by atoms with van der Waals surface area (Å²) in [6, 6.07) is 7.30. The lowest BCUT2D eigenvalue weighted by Gasteiger charge is -2.24. The summed E-state index contributed by atoms with van der Waals surface area (Å²) in [4.78, 5) is 0. The Kier molecular flexibility index (Phi) is 3.97. The minimum Gasteiger partial charge on any atom is -0.329 e. The van der Waals surface area contributed by atoms with Gasteiger partial charge in [0.05, 0.1) is 0 Å². The first-order valence-electron chi connectivity index (χ1n) is 6.39. The summed E-state index contributed by atoms with van der Waals surface area (Å²) in [7, 11) is 0. The summed E-state index contributed by atoms with van der Waals surface area (Å²) >= 11 is 0. The minimum atomic E-state index is 0.278. The smallest absolute Gasteiger partial charge is 0.0449 e. The van der Waals surface area contributed by atoms with Crippen molar-refractivity contribution in [3.63, 3.8) is 0 Å². The van der Waals surface area contributed by atoms with Gasteiger partial charge in [0.15, 0.2) is 0 Å². The second-order valence-electron chi connectivity index (χ2n) is 4.88. The lowest BCUT2D eigenvalue weighted by Crippen LogP contribution is -2.35. The quantitative estimate of drug-likeness (QED) is 0.780. The summed E-state index contributed by atoms with van der Waals surface area (Å²) < 4.78 is 0. The third kappa shape index (κ3) is 2.76. The average Bonchev–Trinajstić information content (AvgIpc) is 2.83. The van der Waals surface area contributed by atoms with E-state index in [0.29, 0.717) is 12.6 Å². The third-order valence-corrected chi connectivity index (χ3v) is 3.70. The van der Waals surface area contributed by atoms with Crippen molar-refractivity contribution in [2.45, 2.75) is 38.8 Å². The first-order valence-corrected chi connectivity index (χ1v) is 6.39. The predicted molar refractivity (Wildman–Crippen MR) is 73.0 cm³/mol. The topological polar surface area (TPSA) is 38.0 Å². The van der Waals surface area contributed by atoms with Crippen LogP contribution in [-0.2, 0) is 0 Å². The molecule has 0 amide bonds. The second kappa shape index (κ2) is 5.48. The molecule has 0 fully saturated rings. The molecule has 0 radical (unpaired) electrons. The molecule has 3 N–H and O–H groups in total. The normalized spacial score (nSPS) is 17.6. The maximum Gasteiger partial charge on any atom is 0.0449 e. The molecule has 17 heavy (non-hydrogen) atoms. The molecule has 0 bridgehead atoms. The molecule has 0 spiro atoms. The zero-order valence-corrected chi connectivity index (χ0v) is 10.7. The van der Waals surface area contributed by atoms with Crippen LogP contribution in [0.5, 0.6) is 0 Å². The second-order valence-corrected chi connectivity index (χ2v) is 4.88. The van der Waals surface area contributed by atoms with Gasteiger partial charge in [-0.1, -0.05) is 30.4 Å². The van der Waals surface area contributed by atoms with E-state index in [1.165, 1.54) is 16.7 Å². The highest BCUT2D eigenvalue weighted by molar-refractivity contribution is 5.35. The van der Waals surface area contributed by atoms with Gasteiger partial charge >= 0.3 is 0 Å². The van der Waals surface area contributed by atoms with Crippen molar-refractivity contribution in [1.29, 1.82) is 0 Å². The van der Waals surface area contributed by atoms with Gasteiger partial charge in [-0.15, -0.1) is 0 Å². The first-order chi connectivity index (χ1) is 8.22. The van der Waals surface area contributed by atoms with Crippen LogP contribution in [0, 0.1) is 13.8 Å². The van der Waals surface area contributed by atoms with Gasteiger partial charge in [0.2, 0.25) is 0 Å². The lowest BCUT2D eigenvalue weighted by atomic mass is 9.96. The Bertz CT molecular complexity index is 401. The van der Waals surface area contributed by atoms with Crippen molar-refractivity contribution in [3.8, 4) is 0 Å². The first kappa shape index (κ1) is 12.3. The van der Waals surface area contributed by atoms with Crippen LogP contribution in [0.3, 0.4) is 0 Å². The van der Waals surface area contributed by atoms with Crippen molar-refractivity contribution in [3.05, 3.63) is 47.0 Å². The molecular weight excluding hydrogens is 208 g/mol. The highest BCUT2D eigenvalue weighted by Crippen LogP contribution is 2.22. The maximum absolute atomic E-state index is 5.92. The van der Waals surface area contributed by atoms with E-state index in [0.717, 1.165) is 12.8 Å². The molecular formula is C15H22N2. The largest absolute Gasteiger partial charge is 0.329 e. The molecule has 0 saturated heterocycles. The van der Waals surface area contributed by atoms with Gasteiger partial charge in [-0.2, -0.15) is 0 Å². The Hall–Kier alpha value is -1.12. The van der Waals surface area contributed by atoms with Crippen LogP contribution in [0.25, 0.3) is 0 Å². The van der Waals surface area contributed by atoms with Gasteiger partial charge in [-0.3, -0.25) is 0 Å². The fourth-order valence-corrected chi connectivity index (χ4v) is 2.47. The van der Waals surface area contributed by atoms with Crippen molar-refractivity contribution in [2.24, 2.45) is 5.73 Å². The number of hydrogen-bond acceptors (Lipinski definition) is 2. The van der Waals surface area contributed by atoms with E-state index >= 15 is 0 Å². The van der Waals surface area contributed by atoms with Crippen LogP contribution in [0.15, 0.2) is 30.4 Å². The van der Waals surface area contributed by atoms with Gasteiger partial charge in [0.25, 0.3) is 0 Å². The lowest BCUT2D eigenvalue weighted by molar-refractivity contribution is 0.452. The van der Waals surface area contributed by atoms with Crippen molar-refractivity contribution in [2.75, 3.05) is 6.54 Å². The molecule has 2 nitrogen and oxygen atoms in total. The van der Waals surface area contributed by atoms with Crippen LogP contribution < -0.4 is 11.1 Å². The summed E-state index contributed by atoms with van der Waals surface area (Å²) in [6.07, 6.45) is 6.74. The van der Waals surface area contributed by atoms with E-state index in [9.17, 15) is 0 Å². The van der Waals surface area contributed by atoms with E-state index in [1.807, 2.05) is 0 Å². The number of hydrogen-bond donors (Lipinski definition) is 2. The van der Waals surface area contributed by atoms with Gasteiger partial charge in [-0.05, 0) is 43.4 Å². The molecule has 1 aliphatic rings. The van der Waals surface area contributed by atoms with E-state index in [1.54, 1.807) is 0 Å². The standard InChI is InChI=1S/C15H22N2/c1-11-6-5-9-14(12(11)2)15(10-16)17-13-7-3-4-8-13/h3-6,9,13,15,17H,7-8,10,16H2,1-2H3. The van der Waals surface area contributed by atoms with Gasteiger partial charge in [0.1, 0.15) is 0 Å². The van der Waals surface area contributed by atoms with Crippen LogP contribution in [0.1, 0.15) is 35.6 Å².